The van der Waals surface area contributed by atoms with Gasteiger partial charge in [0.2, 0.25) is 5.91 Å². The highest BCUT2D eigenvalue weighted by Crippen LogP contribution is 2.40. The first-order chi connectivity index (χ1) is 9.79. The molecule has 0 saturated heterocycles. The lowest BCUT2D eigenvalue weighted by molar-refractivity contribution is -0.121. The van der Waals surface area contributed by atoms with E-state index in [9.17, 15) is 4.79 Å². The fourth-order valence-corrected chi connectivity index (χ4v) is 3.35. The SMILES string of the molecule is CC(C)(C)C1CCC(C(=O)Nc2c(N)cccc2Cl)CC1. The van der Waals surface area contributed by atoms with Crippen molar-refractivity contribution in [2.75, 3.05) is 11.1 Å². The highest BCUT2D eigenvalue weighted by Gasteiger charge is 2.32. The normalized spacial score (nSPS) is 22.9. The molecular weight excluding hydrogens is 284 g/mol. The van der Waals surface area contributed by atoms with Gasteiger partial charge in [-0.2, -0.15) is 0 Å². The number of anilines is 2. The molecule has 1 amide bonds. The summed E-state index contributed by atoms with van der Waals surface area (Å²) in [5.74, 6) is 0.813. The Morgan fingerprint density at radius 3 is 2.38 bits per heavy atom. The molecule has 0 heterocycles. The van der Waals surface area contributed by atoms with E-state index in [0.29, 0.717) is 27.7 Å². The summed E-state index contributed by atoms with van der Waals surface area (Å²) in [4.78, 5) is 12.4. The monoisotopic (exact) mass is 308 g/mol. The second-order valence-corrected chi connectivity index (χ2v) is 7.52. The fourth-order valence-electron chi connectivity index (χ4n) is 3.12. The number of para-hydroxylation sites is 1. The van der Waals surface area contributed by atoms with Gasteiger partial charge in [0.1, 0.15) is 0 Å². The first-order valence-electron chi connectivity index (χ1n) is 7.64. The molecule has 1 saturated carbocycles. The van der Waals surface area contributed by atoms with Crippen molar-refractivity contribution in [1.29, 1.82) is 0 Å². The predicted octanol–water partition coefficient (Wildman–Crippen LogP) is 4.71. The van der Waals surface area contributed by atoms with Crippen LogP contribution in [0.3, 0.4) is 0 Å². The van der Waals surface area contributed by atoms with Crippen LogP contribution in [-0.4, -0.2) is 5.91 Å². The van der Waals surface area contributed by atoms with E-state index >= 15 is 0 Å². The van der Waals surface area contributed by atoms with Gasteiger partial charge in [-0.15, -0.1) is 0 Å². The molecule has 21 heavy (non-hydrogen) atoms. The Balaban J connectivity index is 1.97. The predicted molar refractivity (Wildman–Crippen MR) is 89.4 cm³/mol. The molecule has 3 nitrogen and oxygen atoms in total. The fraction of sp³-hybridized carbons (Fsp3) is 0.588. The molecular formula is C17H25ClN2O. The van der Waals surface area contributed by atoms with Crippen LogP contribution >= 0.6 is 11.6 Å². The molecule has 0 bridgehead atoms. The maximum Gasteiger partial charge on any atom is 0.227 e. The minimum absolute atomic E-state index is 0.0437. The largest absolute Gasteiger partial charge is 0.397 e. The number of benzene rings is 1. The van der Waals surface area contributed by atoms with Crippen LogP contribution in [0.2, 0.25) is 5.02 Å². The summed E-state index contributed by atoms with van der Waals surface area (Å²) < 4.78 is 0. The quantitative estimate of drug-likeness (QED) is 0.777. The van der Waals surface area contributed by atoms with Crippen LogP contribution in [0.1, 0.15) is 46.5 Å². The lowest BCUT2D eigenvalue weighted by Gasteiger charge is -2.36. The summed E-state index contributed by atoms with van der Waals surface area (Å²) in [6.45, 7) is 6.84. The third-order valence-corrected chi connectivity index (χ3v) is 4.93. The zero-order valence-electron chi connectivity index (χ0n) is 13.1. The number of nitrogens with two attached hydrogens (primary N) is 1. The van der Waals surface area contributed by atoms with Gasteiger partial charge in [0.25, 0.3) is 0 Å². The van der Waals surface area contributed by atoms with Crippen molar-refractivity contribution < 1.29 is 4.79 Å². The molecule has 0 radical (unpaired) electrons. The topological polar surface area (TPSA) is 55.1 Å². The van der Waals surface area contributed by atoms with E-state index in [0.717, 1.165) is 25.7 Å². The minimum atomic E-state index is 0.0437. The Labute approximate surface area is 132 Å². The van der Waals surface area contributed by atoms with Crippen molar-refractivity contribution >= 4 is 28.9 Å². The average molecular weight is 309 g/mol. The van der Waals surface area contributed by atoms with E-state index in [1.807, 2.05) is 0 Å². The summed E-state index contributed by atoms with van der Waals surface area (Å²) in [6, 6.07) is 5.27. The lowest BCUT2D eigenvalue weighted by atomic mass is 9.69. The van der Waals surface area contributed by atoms with Crippen molar-refractivity contribution in [3.8, 4) is 0 Å². The number of nitrogens with one attached hydrogen (secondary N) is 1. The Kier molecular flexibility index (Phi) is 4.82. The van der Waals surface area contributed by atoms with Crippen molar-refractivity contribution in [1.82, 2.24) is 0 Å². The Morgan fingerprint density at radius 1 is 1.24 bits per heavy atom. The summed E-state index contributed by atoms with van der Waals surface area (Å²) in [5, 5.41) is 3.40. The highest BCUT2D eigenvalue weighted by atomic mass is 35.5. The van der Waals surface area contributed by atoms with Crippen LogP contribution in [0.25, 0.3) is 0 Å². The molecule has 1 aliphatic rings. The van der Waals surface area contributed by atoms with Crippen molar-refractivity contribution in [3.05, 3.63) is 23.2 Å². The second-order valence-electron chi connectivity index (χ2n) is 7.11. The van der Waals surface area contributed by atoms with Crippen LogP contribution < -0.4 is 11.1 Å². The number of amides is 1. The molecule has 116 valence electrons. The Morgan fingerprint density at radius 2 is 1.86 bits per heavy atom. The zero-order valence-corrected chi connectivity index (χ0v) is 13.8. The van der Waals surface area contributed by atoms with E-state index in [1.54, 1.807) is 18.2 Å². The maximum absolute atomic E-state index is 12.4. The number of hydrogen-bond donors (Lipinski definition) is 2. The first-order valence-corrected chi connectivity index (χ1v) is 8.01. The number of hydrogen-bond acceptors (Lipinski definition) is 2. The second kappa shape index (κ2) is 6.27. The minimum Gasteiger partial charge on any atom is -0.397 e. The van der Waals surface area contributed by atoms with Gasteiger partial charge in [0.15, 0.2) is 0 Å². The van der Waals surface area contributed by atoms with Gasteiger partial charge in [-0.3, -0.25) is 4.79 Å². The molecule has 1 aromatic rings. The summed E-state index contributed by atoms with van der Waals surface area (Å²) in [7, 11) is 0. The van der Waals surface area contributed by atoms with Gasteiger partial charge >= 0.3 is 0 Å². The molecule has 1 aliphatic carbocycles. The number of rotatable bonds is 2. The molecule has 2 rings (SSSR count). The van der Waals surface area contributed by atoms with E-state index in [-0.39, 0.29) is 11.8 Å². The van der Waals surface area contributed by atoms with Gasteiger partial charge in [0.05, 0.1) is 16.4 Å². The molecule has 1 fully saturated rings. The van der Waals surface area contributed by atoms with Crippen molar-refractivity contribution in [2.45, 2.75) is 46.5 Å². The number of carbonyl (C=O) groups is 1. The van der Waals surface area contributed by atoms with Crippen LogP contribution in [0.4, 0.5) is 11.4 Å². The third kappa shape index (κ3) is 3.91. The summed E-state index contributed by atoms with van der Waals surface area (Å²) in [6.07, 6.45) is 4.11. The molecule has 0 unspecified atom stereocenters. The Hall–Kier alpha value is -1.22. The van der Waals surface area contributed by atoms with Gasteiger partial charge in [-0.1, -0.05) is 38.4 Å². The molecule has 0 aromatic heterocycles. The standard InChI is InChI=1S/C17H25ClN2O/c1-17(2,3)12-9-7-11(8-10-12)16(21)20-15-13(18)5-4-6-14(15)19/h4-6,11-12H,7-10,19H2,1-3H3,(H,20,21). The average Bonchev–Trinajstić information content (AvgIpc) is 2.42. The number of nitrogen functional groups attached to an aromatic ring is 1. The summed E-state index contributed by atoms with van der Waals surface area (Å²) >= 11 is 6.10. The van der Waals surface area contributed by atoms with Gasteiger partial charge in [0, 0.05) is 5.92 Å². The van der Waals surface area contributed by atoms with Gasteiger partial charge < -0.3 is 11.1 Å². The molecule has 0 spiro atoms. The van der Waals surface area contributed by atoms with E-state index in [4.69, 9.17) is 17.3 Å². The maximum atomic E-state index is 12.4. The van der Waals surface area contributed by atoms with Gasteiger partial charge in [-0.05, 0) is 49.1 Å². The van der Waals surface area contributed by atoms with Crippen LogP contribution in [0.5, 0.6) is 0 Å². The Bertz CT molecular complexity index is 494. The van der Waals surface area contributed by atoms with Crippen molar-refractivity contribution in [2.24, 2.45) is 17.3 Å². The number of halogens is 1. The molecule has 0 atom stereocenters. The highest BCUT2D eigenvalue weighted by molar-refractivity contribution is 6.34. The lowest BCUT2D eigenvalue weighted by Crippen LogP contribution is -2.31. The van der Waals surface area contributed by atoms with Crippen molar-refractivity contribution in [3.63, 3.8) is 0 Å². The molecule has 1 aromatic carbocycles. The molecule has 0 aliphatic heterocycles. The smallest absolute Gasteiger partial charge is 0.227 e. The van der Waals surface area contributed by atoms with E-state index < -0.39 is 0 Å². The molecule has 3 N–H and O–H groups in total. The third-order valence-electron chi connectivity index (χ3n) is 4.62. The molecule has 4 heteroatoms. The summed E-state index contributed by atoms with van der Waals surface area (Å²) in [5.41, 5.74) is 7.26. The van der Waals surface area contributed by atoms with Gasteiger partial charge in [-0.25, -0.2) is 0 Å². The van der Waals surface area contributed by atoms with E-state index in [1.165, 1.54) is 0 Å². The first kappa shape index (κ1) is 16.2. The number of carbonyl (C=O) groups excluding carboxylic acids is 1. The van der Waals surface area contributed by atoms with Crippen LogP contribution in [0.15, 0.2) is 18.2 Å². The van der Waals surface area contributed by atoms with Crippen LogP contribution in [-0.2, 0) is 4.79 Å². The van der Waals surface area contributed by atoms with Crippen LogP contribution in [0, 0.1) is 17.3 Å². The van der Waals surface area contributed by atoms with E-state index in [2.05, 4.69) is 26.1 Å². The zero-order chi connectivity index (χ0) is 15.6.